The van der Waals surface area contributed by atoms with Crippen molar-refractivity contribution in [1.29, 1.82) is 0 Å². The molecule has 0 bridgehead atoms. The van der Waals surface area contributed by atoms with Gasteiger partial charge in [-0.25, -0.2) is 4.98 Å². The maximum Gasteiger partial charge on any atom is 0.167 e. The van der Waals surface area contributed by atoms with Gasteiger partial charge in [0.25, 0.3) is 0 Å². The number of para-hydroxylation sites is 1. The van der Waals surface area contributed by atoms with Crippen LogP contribution in [0, 0.1) is 0 Å². The molecule has 0 saturated heterocycles. The van der Waals surface area contributed by atoms with Crippen molar-refractivity contribution in [2.75, 3.05) is 23.7 Å². The molecule has 0 radical (unpaired) electrons. The summed E-state index contributed by atoms with van der Waals surface area (Å²) in [6.45, 7) is 3.08. The Hall–Kier alpha value is -3.00. The standard InChI is InChI=1S/C21H21BrN6O/c1-2-3-8-27(9-10-29)21-18(22)19(23)28-20(26-21)16(13-25-28)15-11-14-6-4-5-7-17(14)24-12-15/h4-7,10-13H,2-3,8-9,23H2,1H3. The van der Waals surface area contributed by atoms with Crippen LogP contribution in [0.2, 0.25) is 0 Å². The largest absolute Gasteiger partial charge is 0.383 e. The number of aromatic nitrogens is 4. The minimum absolute atomic E-state index is 0.252. The quantitative estimate of drug-likeness (QED) is 0.424. The molecule has 29 heavy (non-hydrogen) atoms. The van der Waals surface area contributed by atoms with E-state index in [0.29, 0.717) is 21.8 Å². The first-order valence-corrected chi connectivity index (χ1v) is 10.3. The highest BCUT2D eigenvalue weighted by molar-refractivity contribution is 9.10. The van der Waals surface area contributed by atoms with Gasteiger partial charge in [0.2, 0.25) is 0 Å². The smallest absolute Gasteiger partial charge is 0.167 e. The lowest BCUT2D eigenvalue weighted by Gasteiger charge is -2.23. The molecule has 1 aromatic carbocycles. The van der Waals surface area contributed by atoms with Crippen LogP contribution in [-0.4, -0.2) is 39.0 Å². The number of hydrogen-bond donors (Lipinski definition) is 1. The molecule has 0 aliphatic carbocycles. The van der Waals surface area contributed by atoms with Crippen molar-refractivity contribution >= 4 is 50.4 Å². The lowest BCUT2D eigenvalue weighted by Crippen LogP contribution is -2.28. The van der Waals surface area contributed by atoms with Crippen molar-refractivity contribution in [1.82, 2.24) is 19.6 Å². The molecule has 0 aliphatic rings. The van der Waals surface area contributed by atoms with Crippen molar-refractivity contribution in [3.8, 4) is 11.1 Å². The number of halogens is 1. The highest BCUT2D eigenvalue weighted by Crippen LogP contribution is 2.34. The predicted octanol–water partition coefficient (Wildman–Crippen LogP) is 4.09. The molecule has 0 atom stereocenters. The third kappa shape index (κ3) is 3.55. The number of rotatable bonds is 7. The summed E-state index contributed by atoms with van der Waals surface area (Å²) in [5.41, 5.74) is 9.66. The number of nitrogen functional groups attached to an aromatic ring is 1. The Morgan fingerprint density at radius 1 is 1.28 bits per heavy atom. The van der Waals surface area contributed by atoms with Crippen molar-refractivity contribution in [3.63, 3.8) is 0 Å². The summed E-state index contributed by atoms with van der Waals surface area (Å²) in [5.74, 6) is 1.09. The van der Waals surface area contributed by atoms with Gasteiger partial charge in [-0.05, 0) is 34.5 Å². The fourth-order valence-electron chi connectivity index (χ4n) is 3.34. The number of carbonyl (C=O) groups excluding carboxylic acids is 1. The van der Waals surface area contributed by atoms with Gasteiger partial charge >= 0.3 is 0 Å². The highest BCUT2D eigenvalue weighted by Gasteiger charge is 2.20. The highest BCUT2D eigenvalue weighted by atomic mass is 79.9. The van der Waals surface area contributed by atoms with E-state index in [9.17, 15) is 4.79 Å². The molecule has 3 heterocycles. The Kier molecular flexibility index (Phi) is 5.44. The summed E-state index contributed by atoms with van der Waals surface area (Å²) >= 11 is 3.54. The second-order valence-electron chi connectivity index (χ2n) is 6.81. The summed E-state index contributed by atoms with van der Waals surface area (Å²) in [6, 6.07) is 10.0. The van der Waals surface area contributed by atoms with E-state index in [1.165, 1.54) is 0 Å². The molecule has 0 fully saturated rings. The molecular weight excluding hydrogens is 432 g/mol. The second kappa shape index (κ2) is 8.16. The van der Waals surface area contributed by atoms with Crippen LogP contribution in [0.3, 0.4) is 0 Å². The predicted molar refractivity (Wildman–Crippen MR) is 119 cm³/mol. The van der Waals surface area contributed by atoms with Crippen LogP contribution in [0.1, 0.15) is 19.8 Å². The average Bonchev–Trinajstić information content (AvgIpc) is 3.17. The van der Waals surface area contributed by atoms with Gasteiger partial charge in [0.15, 0.2) is 5.65 Å². The monoisotopic (exact) mass is 452 g/mol. The molecule has 0 unspecified atom stereocenters. The first kappa shape index (κ1) is 19.3. The SMILES string of the molecule is CCCCN(CC=O)c1nc2c(-c3cnc4ccccc4c3)cnn2c(N)c1Br. The first-order chi connectivity index (χ1) is 14.1. The molecule has 0 spiro atoms. The lowest BCUT2D eigenvalue weighted by molar-refractivity contribution is -0.106. The van der Waals surface area contributed by atoms with E-state index in [-0.39, 0.29) is 6.54 Å². The minimum Gasteiger partial charge on any atom is -0.383 e. The van der Waals surface area contributed by atoms with Crippen LogP contribution in [-0.2, 0) is 4.79 Å². The number of nitrogens with two attached hydrogens (primary N) is 1. The van der Waals surface area contributed by atoms with Gasteiger partial charge in [-0.1, -0.05) is 31.5 Å². The van der Waals surface area contributed by atoms with E-state index in [1.54, 1.807) is 10.7 Å². The lowest BCUT2D eigenvalue weighted by atomic mass is 10.1. The summed E-state index contributed by atoms with van der Waals surface area (Å²) in [6.07, 6.45) is 6.42. The molecule has 0 amide bonds. The molecule has 4 aromatic rings. The summed E-state index contributed by atoms with van der Waals surface area (Å²) in [7, 11) is 0. The number of anilines is 2. The Bertz CT molecular complexity index is 1190. The zero-order valence-corrected chi connectivity index (χ0v) is 17.6. The molecule has 3 aromatic heterocycles. The van der Waals surface area contributed by atoms with Crippen molar-refractivity contribution in [3.05, 3.63) is 47.2 Å². The number of fused-ring (bicyclic) bond motifs is 2. The average molecular weight is 453 g/mol. The maximum atomic E-state index is 11.2. The van der Waals surface area contributed by atoms with Gasteiger partial charge in [-0.15, -0.1) is 0 Å². The fraction of sp³-hybridized carbons (Fsp3) is 0.238. The number of pyridine rings is 1. The normalized spacial score (nSPS) is 11.2. The topological polar surface area (TPSA) is 89.4 Å². The second-order valence-corrected chi connectivity index (χ2v) is 7.60. The first-order valence-electron chi connectivity index (χ1n) is 9.50. The molecule has 0 saturated carbocycles. The number of benzene rings is 1. The maximum absolute atomic E-state index is 11.2. The van der Waals surface area contributed by atoms with Crippen LogP contribution in [0.5, 0.6) is 0 Å². The molecular formula is C21H21BrN6O. The summed E-state index contributed by atoms with van der Waals surface area (Å²) < 4.78 is 2.24. The van der Waals surface area contributed by atoms with Gasteiger partial charge < -0.3 is 15.4 Å². The minimum atomic E-state index is 0.252. The van der Waals surface area contributed by atoms with Crippen LogP contribution in [0.15, 0.2) is 47.2 Å². The molecule has 7 nitrogen and oxygen atoms in total. The van der Waals surface area contributed by atoms with Crippen LogP contribution in [0.4, 0.5) is 11.6 Å². The van der Waals surface area contributed by atoms with Gasteiger partial charge in [-0.2, -0.15) is 9.61 Å². The fourth-order valence-corrected chi connectivity index (χ4v) is 3.84. The molecule has 2 N–H and O–H groups in total. The van der Waals surface area contributed by atoms with Gasteiger partial charge in [0.1, 0.15) is 22.4 Å². The molecule has 8 heteroatoms. The third-order valence-corrected chi connectivity index (χ3v) is 5.64. The van der Waals surface area contributed by atoms with E-state index in [0.717, 1.165) is 47.7 Å². The van der Waals surface area contributed by atoms with Gasteiger partial charge in [0.05, 0.1) is 18.3 Å². The number of nitrogens with zero attached hydrogens (tertiary/aromatic N) is 5. The van der Waals surface area contributed by atoms with E-state index in [2.05, 4.69) is 39.0 Å². The summed E-state index contributed by atoms with van der Waals surface area (Å²) in [4.78, 5) is 22.6. The Balaban J connectivity index is 1.87. The zero-order chi connectivity index (χ0) is 20.4. The van der Waals surface area contributed by atoms with Crippen molar-refractivity contribution in [2.45, 2.75) is 19.8 Å². The van der Waals surface area contributed by atoms with Crippen LogP contribution < -0.4 is 10.6 Å². The van der Waals surface area contributed by atoms with Crippen LogP contribution in [0.25, 0.3) is 27.7 Å². The third-order valence-electron chi connectivity index (χ3n) is 4.88. The molecule has 148 valence electrons. The van der Waals surface area contributed by atoms with E-state index < -0.39 is 0 Å². The number of hydrogen-bond acceptors (Lipinski definition) is 6. The molecule has 0 aliphatic heterocycles. The number of carbonyl (C=O) groups is 1. The zero-order valence-electron chi connectivity index (χ0n) is 16.0. The molecule has 4 rings (SSSR count). The number of unbranched alkanes of at least 4 members (excludes halogenated alkanes) is 1. The Morgan fingerprint density at radius 2 is 2.10 bits per heavy atom. The van der Waals surface area contributed by atoms with Gasteiger partial charge in [-0.3, -0.25) is 4.98 Å². The van der Waals surface area contributed by atoms with Crippen molar-refractivity contribution in [2.24, 2.45) is 0 Å². The van der Waals surface area contributed by atoms with E-state index >= 15 is 0 Å². The Morgan fingerprint density at radius 3 is 2.90 bits per heavy atom. The van der Waals surface area contributed by atoms with Crippen molar-refractivity contribution < 1.29 is 4.79 Å². The van der Waals surface area contributed by atoms with E-state index in [1.807, 2.05) is 35.4 Å². The summed E-state index contributed by atoms with van der Waals surface area (Å²) in [5, 5.41) is 5.47. The number of aldehydes is 1. The van der Waals surface area contributed by atoms with Crippen LogP contribution >= 0.6 is 15.9 Å². The van der Waals surface area contributed by atoms with Gasteiger partial charge in [0, 0.05) is 29.3 Å². The van der Waals surface area contributed by atoms with E-state index in [4.69, 9.17) is 10.7 Å². The Labute approximate surface area is 176 Å².